The number of hydrogen-bond donors (Lipinski definition) is 2. The van der Waals surface area contributed by atoms with Crippen molar-refractivity contribution in [3.63, 3.8) is 0 Å². The van der Waals surface area contributed by atoms with Crippen molar-refractivity contribution in [2.75, 3.05) is 5.32 Å². The van der Waals surface area contributed by atoms with Crippen LogP contribution >= 0.6 is 0 Å². The van der Waals surface area contributed by atoms with E-state index >= 15 is 0 Å². The lowest BCUT2D eigenvalue weighted by Gasteiger charge is -2.08. The minimum atomic E-state index is -0.0472. The maximum Gasteiger partial charge on any atom is 0.228 e. The van der Waals surface area contributed by atoms with E-state index in [1.165, 1.54) is 0 Å². The van der Waals surface area contributed by atoms with Crippen LogP contribution in [0.3, 0.4) is 0 Å². The summed E-state index contributed by atoms with van der Waals surface area (Å²) in [6.07, 6.45) is 3.96. The molecule has 2 heterocycles. The summed E-state index contributed by atoms with van der Waals surface area (Å²) in [5, 5.41) is 5.12. The quantitative estimate of drug-likeness (QED) is 0.603. The van der Waals surface area contributed by atoms with Crippen LogP contribution in [0.4, 0.5) is 5.69 Å². The third-order valence-electron chi connectivity index (χ3n) is 3.89. The maximum atomic E-state index is 12.4. The summed E-state index contributed by atoms with van der Waals surface area (Å²) < 4.78 is 0. The van der Waals surface area contributed by atoms with Gasteiger partial charge in [0.1, 0.15) is 0 Å². The molecule has 1 amide bonds. The molecule has 2 aromatic heterocycles. The van der Waals surface area contributed by atoms with Gasteiger partial charge in [0, 0.05) is 23.3 Å². The number of aromatic nitrogens is 2. The van der Waals surface area contributed by atoms with Crippen LogP contribution in [-0.2, 0) is 11.2 Å². The number of pyridine rings is 1. The lowest BCUT2D eigenvalue weighted by molar-refractivity contribution is -0.115. The molecule has 0 saturated heterocycles. The maximum absolute atomic E-state index is 12.4. The number of rotatable bonds is 3. The zero-order chi connectivity index (χ0) is 15.6. The van der Waals surface area contributed by atoms with E-state index < -0.39 is 0 Å². The molecule has 0 unspecified atom stereocenters. The average molecular weight is 301 g/mol. The van der Waals surface area contributed by atoms with Gasteiger partial charge in [0.05, 0.1) is 17.6 Å². The standard InChI is InChI=1S/C19H15N3O/c23-18(12-13-6-7-14-8-10-20-17(14)11-13)22-16-5-1-3-15-4-2-9-21-19(15)16/h1-11,20H,12H2,(H,22,23). The molecule has 0 atom stereocenters. The van der Waals surface area contributed by atoms with E-state index in [-0.39, 0.29) is 5.91 Å². The van der Waals surface area contributed by atoms with Gasteiger partial charge in [-0.15, -0.1) is 0 Å². The van der Waals surface area contributed by atoms with Crippen molar-refractivity contribution in [3.8, 4) is 0 Å². The molecule has 0 saturated carbocycles. The van der Waals surface area contributed by atoms with Crippen LogP contribution in [0.15, 0.2) is 67.0 Å². The largest absolute Gasteiger partial charge is 0.361 e. The molecule has 0 aliphatic carbocycles. The number of carbonyl (C=O) groups excluding carboxylic acids is 1. The molecule has 2 N–H and O–H groups in total. The Balaban J connectivity index is 1.57. The van der Waals surface area contributed by atoms with Gasteiger partial charge in [-0.05, 0) is 35.2 Å². The summed E-state index contributed by atoms with van der Waals surface area (Å²) in [6, 6.07) is 17.7. The highest BCUT2D eigenvalue weighted by Crippen LogP contribution is 2.21. The molecule has 4 rings (SSSR count). The highest BCUT2D eigenvalue weighted by molar-refractivity contribution is 6.01. The van der Waals surface area contributed by atoms with E-state index in [1.54, 1.807) is 6.20 Å². The summed E-state index contributed by atoms with van der Waals surface area (Å²) in [5.74, 6) is -0.0472. The van der Waals surface area contributed by atoms with Crippen molar-refractivity contribution >= 4 is 33.4 Å². The third kappa shape index (κ3) is 2.66. The van der Waals surface area contributed by atoms with Gasteiger partial charge in [-0.2, -0.15) is 0 Å². The number of fused-ring (bicyclic) bond motifs is 2. The normalized spacial score (nSPS) is 11.0. The molecule has 23 heavy (non-hydrogen) atoms. The fraction of sp³-hybridized carbons (Fsp3) is 0.0526. The molecule has 4 aromatic rings. The van der Waals surface area contributed by atoms with Crippen molar-refractivity contribution in [2.45, 2.75) is 6.42 Å². The van der Waals surface area contributed by atoms with E-state index in [0.29, 0.717) is 6.42 Å². The number of hydrogen-bond acceptors (Lipinski definition) is 2. The molecule has 4 heteroatoms. The molecule has 0 aliphatic heterocycles. The third-order valence-corrected chi connectivity index (χ3v) is 3.89. The van der Waals surface area contributed by atoms with Crippen molar-refractivity contribution < 1.29 is 4.79 Å². The van der Waals surface area contributed by atoms with Gasteiger partial charge in [-0.1, -0.05) is 30.3 Å². The molecular weight excluding hydrogens is 286 g/mol. The highest BCUT2D eigenvalue weighted by Gasteiger charge is 2.08. The Hall–Kier alpha value is -3.14. The Kier molecular flexibility index (Phi) is 3.27. The Morgan fingerprint density at radius 1 is 1.04 bits per heavy atom. The van der Waals surface area contributed by atoms with Gasteiger partial charge >= 0.3 is 0 Å². The van der Waals surface area contributed by atoms with Gasteiger partial charge in [0.2, 0.25) is 5.91 Å². The first kappa shape index (κ1) is 13.5. The van der Waals surface area contributed by atoms with Crippen LogP contribution in [0.2, 0.25) is 0 Å². The summed E-state index contributed by atoms with van der Waals surface area (Å²) in [7, 11) is 0. The molecule has 4 nitrogen and oxygen atoms in total. The molecule has 0 spiro atoms. The number of nitrogens with zero attached hydrogens (tertiary/aromatic N) is 1. The summed E-state index contributed by atoms with van der Waals surface area (Å²) in [6.45, 7) is 0. The molecule has 2 aromatic carbocycles. The Morgan fingerprint density at radius 3 is 2.91 bits per heavy atom. The number of para-hydroxylation sites is 1. The Morgan fingerprint density at radius 2 is 1.96 bits per heavy atom. The van der Waals surface area contributed by atoms with Gasteiger partial charge in [-0.3, -0.25) is 9.78 Å². The van der Waals surface area contributed by atoms with Crippen LogP contribution in [0, 0.1) is 0 Å². The van der Waals surface area contributed by atoms with Crippen LogP contribution < -0.4 is 5.32 Å². The van der Waals surface area contributed by atoms with Crippen LogP contribution in [-0.4, -0.2) is 15.9 Å². The summed E-state index contributed by atoms with van der Waals surface area (Å²) in [5.41, 5.74) is 3.57. The van der Waals surface area contributed by atoms with Crippen molar-refractivity contribution in [3.05, 3.63) is 72.6 Å². The molecular formula is C19H15N3O. The van der Waals surface area contributed by atoms with E-state index in [1.807, 2.05) is 60.8 Å². The summed E-state index contributed by atoms with van der Waals surface area (Å²) >= 11 is 0. The average Bonchev–Trinajstić information content (AvgIpc) is 3.03. The summed E-state index contributed by atoms with van der Waals surface area (Å²) in [4.78, 5) is 19.9. The predicted molar refractivity (Wildman–Crippen MR) is 92.4 cm³/mol. The van der Waals surface area contributed by atoms with E-state index in [9.17, 15) is 4.79 Å². The first-order chi connectivity index (χ1) is 11.3. The number of amides is 1. The Labute approximate surface area is 133 Å². The van der Waals surface area contributed by atoms with E-state index in [2.05, 4.69) is 15.3 Å². The molecule has 0 bridgehead atoms. The smallest absolute Gasteiger partial charge is 0.228 e. The number of carbonyl (C=O) groups is 1. The lowest BCUT2D eigenvalue weighted by atomic mass is 10.1. The minimum Gasteiger partial charge on any atom is -0.361 e. The van der Waals surface area contributed by atoms with Crippen molar-refractivity contribution in [2.24, 2.45) is 0 Å². The molecule has 0 aliphatic rings. The SMILES string of the molecule is O=C(Cc1ccc2cc[nH]c2c1)Nc1cccc2cccnc12. The van der Waals surface area contributed by atoms with Gasteiger partial charge in [0.25, 0.3) is 0 Å². The number of aromatic amines is 1. The fourth-order valence-corrected chi connectivity index (χ4v) is 2.79. The zero-order valence-electron chi connectivity index (χ0n) is 12.4. The fourth-order valence-electron chi connectivity index (χ4n) is 2.79. The molecule has 0 radical (unpaired) electrons. The first-order valence-corrected chi connectivity index (χ1v) is 7.49. The van der Waals surface area contributed by atoms with Crippen molar-refractivity contribution in [1.29, 1.82) is 0 Å². The number of nitrogens with one attached hydrogen (secondary N) is 2. The van der Waals surface area contributed by atoms with E-state index in [4.69, 9.17) is 0 Å². The molecule has 0 fully saturated rings. The number of anilines is 1. The van der Waals surface area contributed by atoms with Crippen LogP contribution in [0.5, 0.6) is 0 Å². The monoisotopic (exact) mass is 301 g/mol. The topological polar surface area (TPSA) is 57.8 Å². The number of benzene rings is 2. The zero-order valence-corrected chi connectivity index (χ0v) is 12.4. The number of H-pyrrole nitrogens is 1. The van der Waals surface area contributed by atoms with Gasteiger partial charge in [0.15, 0.2) is 0 Å². The van der Waals surface area contributed by atoms with Gasteiger partial charge in [-0.25, -0.2) is 0 Å². The second-order valence-electron chi connectivity index (χ2n) is 5.50. The predicted octanol–water partition coefficient (Wildman–Crippen LogP) is 3.90. The lowest BCUT2D eigenvalue weighted by Crippen LogP contribution is -2.14. The van der Waals surface area contributed by atoms with E-state index in [0.717, 1.165) is 33.1 Å². The second kappa shape index (κ2) is 5.57. The Bertz CT molecular complexity index is 998. The minimum absolute atomic E-state index is 0.0472. The highest BCUT2D eigenvalue weighted by atomic mass is 16.1. The first-order valence-electron chi connectivity index (χ1n) is 7.49. The molecule has 112 valence electrons. The van der Waals surface area contributed by atoms with Gasteiger partial charge < -0.3 is 10.3 Å². The van der Waals surface area contributed by atoms with Crippen LogP contribution in [0.25, 0.3) is 21.8 Å². The second-order valence-corrected chi connectivity index (χ2v) is 5.50. The van der Waals surface area contributed by atoms with Crippen LogP contribution in [0.1, 0.15) is 5.56 Å². The van der Waals surface area contributed by atoms with Crippen molar-refractivity contribution in [1.82, 2.24) is 9.97 Å².